The molecule has 1 saturated heterocycles. The van der Waals surface area contributed by atoms with E-state index in [0.29, 0.717) is 6.04 Å². The summed E-state index contributed by atoms with van der Waals surface area (Å²) in [6.45, 7) is 7.85. The molecule has 1 aromatic carbocycles. The van der Waals surface area contributed by atoms with Gasteiger partial charge in [-0.2, -0.15) is 0 Å². The number of hydrogen-bond acceptors (Lipinski definition) is 4. The Kier molecular flexibility index (Phi) is 5.88. The lowest BCUT2D eigenvalue weighted by Crippen LogP contribution is -2.27. The van der Waals surface area contributed by atoms with Crippen molar-refractivity contribution >= 4 is 17.5 Å². The fraction of sp³-hybridized carbons (Fsp3) is 0.611. The van der Waals surface area contributed by atoms with E-state index >= 15 is 0 Å². The van der Waals surface area contributed by atoms with Crippen LogP contribution in [0, 0.1) is 0 Å². The molecule has 1 aliphatic heterocycles. The van der Waals surface area contributed by atoms with Crippen molar-refractivity contribution in [2.75, 3.05) is 30.8 Å². The zero-order valence-electron chi connectivity index (χ0n) is 14.7. The van der Waals surface area contributed by atoms with Gasteiger partial charge in [0, 0.05) is 17.4 Å². The van der Waals surface area contributed by atoms with Crippen LogP contribution in [0.15, 0.2) is 24.3 Å². The van der Waals surface area contributed by atoms with Gasteiger partial charge in [0.15, 0.2) is 0 Å². The maximum atomic E-state index is 11.9. The number of nitrogens with zero attached hydrogens (tertiary/aromatic N) is 1. The summed E-state index contributed by atoms with van der Waals surface area (Å²) in [6.07, 6.45) is 3.10. The van der Waals surface area contributed by atoms with Crippen molar-refractivity contribution in [1.82, 2.24) is 4.90 Å². The highest BCUT2D eigenvalue weighted by Crippen LogP contribution is 2.20. The number of carbonyl (C=O) groups is 1. The normalized spacial score (nSPS) is 19.7. The third kappa shape index (κ3) is 6.48. The molecule has 0 aliphatic carbocycles. The predicted molar refractivity (Wildman–Crippen MR) is 95.1 cm³/mol. The molecule has 0 bridgehead atoms. The largest absolute Gasteiger partial charge is 0.444 e. The Morgan fingerprint density at radius 2 is 1.96 bits per heavy atom. The smallest absolute Gasteiger partial charge is 0.412 e. The Morgan fingerprint density at radius 1 is 1.22 bits per heavy atom. The zero-order valence-corrected chi connectivity index (χ0v) is 14.7. The van der Waals surface area contributed by atoms with E-state index in [9.17, 15) is 4.79 Å². The maximum Gasteiger partial charge on any atom is 0.412 e. The van der Waals surface area contributed by atoms with Crippen molar-refractivity contribution in [3.05, 3.63) is 24.3 Å². The fourth-order valence-corrected chi connectivity index (χ4v) is 2.73. The van der Waals surface area contributed by atoms with Crippen molar-refractivity contribution in [2.24, 2.45) is 0 Å². The molecular weight excluding hydrogens is 290 g/mol. The Labute approximate surface area is 139 Å². The summed E-state index contributed by atoms with van der Waals surface area (Å²) in [7, 11) is 2.17. The molecular formula is C18H29N3O2. The minimum atomic E-state index is -0.494. The van der Waals surface area contributed by atoms with Crippen LogP contribution in [0.4, 0.5) is 16.2 Å². The Balaban J connectivity index is 1.93. The standard InChI is InChI=1S/C18H29N3O2/c1-18(2,3)23-17(22)20-16-8-5-7-15(13-16)19-14-9-6-11-21(4)12-10-14/h5,7-8,13-14,19H,6,9-12H2,1-4H3,(H,20,22). The number of ether oxygens (including phenoxy) is 1. The number of carbonyl (C=O) groups excluding carboxylic acids is 1. The summed E-state index contributed by atoms with van der Waals surface area (Å²) in [4.78, 5) is 14.2. The summed E-state index contributed by atoms with van der Waals surface area (Å²) in [5.74, 6) is 0. The monoisotopic (exact) mass is 319 g/mol. The van der Waals surface area contributed by atoms with Gasteiger partial charge in [0.05, 0.1) is 0 Å². The molecule has 1 amide bonds. The van der Waals surface area contributed by atoms with Crippen LogP contribution >= 0.6 is 0 Å². The van der Waals surface area contributed by atoms with Gasteiger partial charge in [-0.15, -0.1) is 0 Å². The molecule has 5 nitrogen and oxygen atoms in total. The van der Waals surface area contributed by atoms with E-state index in [4.69, 9.17) is 4.74 Å². The highest BCUT2D eigenvalue weighted by molar-refractivity contribution is 5.85. The number of anilines is 2. The predicted octanol–water partition coefficient (Wildman–Crippen LogP) is 3.93. The molecule has 1 heterocycles. The number of rotatable bonds is 3. The Bertz CT molecular complexity index is 525. The minimum Gasteiger partial charge on any atom is -0.444 e. The van der Waals surface area contributed by atoms with Crippen molar-refractivity contribution in [3.63, 3.8) is 0 Å². The molecule has 2 N–H and O–H groups in total. The summed E-state index contributed by atoms with van der Waals surface area (Å²) < 4.78 is 5.28. The lowest BCUT2D eigenvalue weighted by molar-refractivity contribution is 0.0636. The lowest BCUT2D eigenvalue weighted by atomic mass is 10.1. The van der Waals surface area contributed by atoms with Gasteiger partial charge in [0.25, 0.3) is 0 Å². The van der Waals surface area contributed by atoms with Crippen LogP contribution in [0.2, 0.25) is 0 Å². The molecule has 0 radical (unpaired) electrons. The molecule has 5 heteroatoms. The molecule has 0 aromatic heterocycles. The van der Waals surface area contributed by atoms with Gasteiger partial charge in [0.2, 0.25) is 0 Å². The van der Waals surface area contributed by atoms with E-state index in [1.165, 1.54) is 19.4 Å². The molecule has 1 fully saturated rings. The first-order chi connectivity index (χ1) is 10.8. The van der Waals surface area contributed by atoms with Gasteiger partial charge in [-0.25, -0.2) is 4.79 Å². The van der Waals surface area contributed by atoms with Crippen LogP contribution < -0.4 is 10.6 Å². The first kappa shape index (κ1) is 17.6. The molecule has 1 aromatic rings. The maximum absolute atomic E-state index is 11.9. The summed E-state index contributed by atoms with van der Waals surface area (Å²) >= 11 is 0. The molecule has 1 unspecified atom stereocenters. The van der Waals surface area contributed by atoms with Crippen molar-refractivity contribution in [1.29, 1.82) is 0 Å². The molecule has 1 aliphatic rings. The highest BCUT2D eigenvalue weighted by atomic mass is 16.6. The fourth-order valence-electron chi connectivity index (χ4n) is 2.73. The second kappa shape index (κ2) is 7.68. The van der Waals surface area contributed by atoms with Gasteiger partial charge < -0.3 is 15.0 Å². The number of benzene rings is 1. The number of hydrogen-bond donors (Lipinski definition) is 2. The molecule has 1 atom stereocenters. The van der Waals surface area contributed by atoms with E-state index in [2.05, 4.69) is 22.6 Å². The van der Waals surface area contributed by atoms with E-state index < -0.39 is 11.7 Å². The second-order valence-corrected chi connectivity index (χ2v) is 7.28. The van der Waals surface area contributed by atoms with Crippen LogP contribution in [-0.2, 0) is 4.74 Å². The molecule has 128 valence electrons. The van der Waals surface area contributed by atoms with Gasteiger partial charge >= 0.3 is 6.09 Å². The van der Waals surface area contributed by atoms with Crippen LogP contribution in [0.5, 0.6) is 0 Å². The van der Waals surface area contributed by atoms with E-state index in [1.54, 1.807) is 0 Å². The van der Waals surface area contributed by atoms with Gasteiger partial charge in [-0.3, -0.25) is 5.32 Å². The Hall–Kier alpha value is -1.75. The molecule has 0 saturated carbocycles. The number of nitrogens with one attached hydrogen (secondary N) is 2. The van der Waals surface area contributed by atoms with E-state index in [0.717, 1.165) is 24.3 Å². The van der Waals surface area contributed by atoms with Gasteiger partial charge in [0.1, 0.15) is 5.60 Å². The third-order valence-electron chi connectivity index (χ3n) is 3.83. The quantitative estimate of drug-likeness (QED) is 0.886. The van der Waals surface area contributed by atoms with E-state index in [1.807, 2.05) is 45.0 Å². The topological polar surface area (TPSA) is 53.6 Å². The van der Waals surface area contributed by atoms with Crippen LogP contribution in [-0.4, -0.2) is 42.8 Å². The van der Waals surface area contributed by atoms with Gasteiger partial charge in [-0.05, 0) is 78.4 Å². The van der Waals surface area contributed by atoms with Crippen LogP contribution in [0.3, 0.4) is 0 Å². The SMILES string of the molecule is CN1CCCC(Nc2cccc(NC(=O)OC(C)(C)C)c2)CC1. The number of amides is 1. The highest BCUT2D eigenvalue weighted by Gasteiger charge is 2.17. The summed E-state index contributed by atoms with van der Waals surface area (Å²) in [6, 6.07) is 8.29. The van der Waals surface area contributed by atoms with E-state index in [-0.39, 0.29) is 0 Å². The Morgan fingerprint density at radius 3 is 2.70 bits per heavy atom. The lowest BCUT2D eigenvalue weighted by Gasteiger charge is -2.20. The van der Waals surface area contributed by atoms with Crippen LogP contribution in [0.25, 0.3) is 0 Å². The molecule has 23 heavy (non-hydrogen) atoms. The number of likely N-dealkylation sites (tertiary alicyclic amines) is 1. The minimum absolute atomic E-state index is 0.425. The van der Waals surface area contributed by atoms with Crippen molar-refractivity contribution in [2.45, 2.75) is 51.7 Å². The molecule has 2 rings (SSSR count). The summed E-state index contributed by atoms with van der Waals surface area (Å²) in [5, 5.41) is 6.37. The average Bonchev–Trinajstić information content (AvgIpc) is 2.62. The van der Waals surface area contributed by atoms with Crippen molar-refractivity contribution < 1.29 is 9.53 Å². The molecule has 0 spiro atoms. The zero-order chi connectivity index (χ0) is 16.9. The first-order valence-electron chi connectivity index (χ1n) is 8.37. The third-order valence-corrected chi connectivity index (χ3v) is 3.83. The average molecular weight is 319 g/mol. The summed E-state index contributed by atoms with van der Waals surface area (Å²) in [5.41, 5.74) is 1.29. The van der Waals surface area contributed by atoms with Crippen molar-refractivity contribution in [3.8, 4) is 0 Å². The van der Waals surface area contributed by atoms with Gasteiger partial charge in [-0.1, -0.05) is 6.07 Å². The second-order valence-electron chi connectivity index (χ2n) is 7.28. The van der Waals surface area contributed by atoms with Crippen LogP contribution in [0.1, 0.15) is 40.0 Å². The first-order valence-corrected chi connectivity index (χ1v) is 8.37.